The molecule has 146 valence electrons. The zero-order valence-corrected chi connectivity index (χ0v) is 16.3. The molecule has 0 aromatic rings. The summed E-state index contributed by atoms with van der Waals surface area (Å²) in [4.78, 5) is 27.8. The van der Waals surface area contributed by atoms with Crippen LogP contribution in [0.25, 0.3) is 0 Å². The number of hydrogen-bond acceptors (Lipinski definition) is 4. The van der Waals surface area contributed by atoms with Crippen LogP contribution in [0, 0.1) is 16.2 Å². The van der Waals surface area contributed by atoms with Gasteiger partial charge in [0.05, 0.1) is 18.1 Å². The molecule has 1 aliphatic heterocycles. The van der Waals surface area contributed by atoms with E-state index in [2.05, 4.69) is 4.90 Å². The topological polar surface area (TPSA) is 55.8 Å². The van der Waals surface area contributed by atoms with E-state index in [-0.39, 0.29) is 16.8 Å². The van der Waals surface area contributed by atoms with Crippen LogP contribution < -0.4 is 0 Å². The quantitative estimate of drug-likeness (QED) is 0.719. The highest BCUT2D eigenvalue weighted by molar-refractivity contribution is 5.86. The van der Waals surface area contributed by atoms with E-state index in [9.17, 15) is 9.59 Å². The second-order valence-corrected chi connectivity index (χ2v) is 9.38. The monoisotopic (exact) mass is 363 g/mol. The summed E-state index contributed by atoms with van der Waals surface area (Å²) in [6, 6.07) is 0. The van der Waals surface area contributed by atoms with E-state index in [0.717, 1.165) is 64.5 Å². The highest BCUT2D eigenvalue weighted by atomic mass is 16.5. The highest BCUT2D eigenvalue weighted by Gasteiger charge is 2.59. The van der Waals surface area contributed by atoms with E-state index in [1.807, 2.05) is 6.92 Å². The van der Waals surface area contributed by atoms with Gasteiger partial charge < -0.3 is 14.4 Å². The molecular weight excluding hydrogens is 330 g/mol. The molecule has 5 nitrogen and oxygen atoms in total. The second-order valence-electron chi connectivity index (χ2n) is 9.38. The summed E-state index contributed by atoms with van der Waals surface area (Å²) in [5, 5.41) is 0. The second kappa shape index (κ2) is 6.50. The van der Waals surface area contributed by atoms with Crippen LogP contribution in [0.2, 0.25) is 0 Å². The number of likely N-dealkylation sites (tertiary alicyclic amines) is 1. The lowest BCUT2D eigenvalue weighted by molar-refractivity contribution is -0.178. The highest BCUT2D eigenvalue weighted by Crippen LogP contribution is 2.59. The number of amides is 1. The molecule has 5 rings (SSSR count). The van der Waals surface area contributed by atoms with Crippen molar-refractivity contribution < 1.29 is 19.1 Å². The third kappa shape index (κ3) is 2.78. The Bertz CT molecular complexity index is 546. The van der Waals surface area contributed by atoms with Crippen LogP contribution in [-0.4, -0.2) is 49.7 Å². The minimum atomic E-state index is -0.299. The van der Waals surface area contributed by atoms with Gasteiger partial charge in [0.15, 0.2) is 0 Å². The third-order valence-electron chi connectivity index (χ3n) is 8.07. The molecule has 0 radical (unpaired) electrons. The normalized spacial score (nSPS) is 36.0. The molecule has 0 unspecified atom stereocenters. The van der Waals surface area contributed by atoms with Gasteiger partial charge in [0.25, 0.3) is 0 Å². The predicted molar refractivity (Wildman–Crippen MR) is 97.5 cm³/mol. The predicted octanol–water partition coefficient (Wildman–Crippen LogP) is 3.31. The molecule has 0 aromatic carbocycles. The van der Waals surface area contributed by atoms with Gasteiger partial charge in [0, 0.05) is 31.0 Å². The van der Waals surface area contributed by atoms with Gasteiger partial charge in [0.1, 0.15) is 0 Å². The lowest BCUT2D eigenvalue weighted by Gasteiger charge is -2.58. The number of ether oxygens (including phenoxy) is 2. The molecule has 5 heteroatoms. The number of methoxy groups -OCH3 is 1. The first-order chi connectivity index (χ1) is 12.5. The van der Waals surface area contributed by atoms with E-state index in [1.54, 1.807) is 7.11 Å². The van der Waals surface area contributed by atoms with Crippen LogP contribution in [0.5, 0.6) is 0 Å². The lowest BCUT2D eigenvalue weighted by atomic mass is 9.53. The summed E-state index contributed by atoms with van der Waals surface area (Å²) in [6.45, 7) is 4.19. The van der Waals surface area contributed by atoms with E-state index in [0.29, 0.717) is 24.0 Å². The zero-order valence-electron chi connectivity index (χ0n) is 16.3. The van der Waals surface area contributed by atoms with Gasteiger partial charge in [-0.25, -0.2) is 0 Å². The Morgan fingerprint density at radius 2 is 1.46 bits per heavy atom. The first-order valence-corrected chi connectivity index (χ1v) is 10.5. The molecule has 4 saturated carbocycles. The Balaban J connectivity index is 1.34. The Hall–Kier alpha value is -1.10. The van der Waals surface area contributed by atoms with Gasteiger partial charge in [-0.15, -0.1) is 0 Å². The molecule has 26 heavy (non-hydrogen) atoms. The summed E-state index contributed by atoms with van der Waals surface area (Å²) >= 11 is 0. The number of esters is 1. The molecule has 5 aliphatic rings. The molecule has 1 amide bonds. The molecule has 5 fully saturated rings. The van der Waals surface area contributed by atoms with Crippen molar-refractivity contribution in [1.29, 1.82) is 0 Å². The molecule has 4 aliphatic carbocycles. The number of hydrogen-bond donors (Lipinski definition) is 0. The number of carbonyl (C=O) groups excluding carboxylic acids is 2. The Morgan fingerprint density at radius 1 is 0.923 bits per heavy atom. The van der Waals surface area contributed by atoms with Gasteiger partial charge in [-0.05, 0) is 71.1 Å². The molecule has 0 N–H and O–H groups in total. The van der Waals surface area contributed by atoms with Gasteiger partial charge in [-0.2, -0.15) is 0 Å². The Kier molecular flexibility index (Phi) is 4.57. The maximum atomic E-state index is 13.3. The van der Waals surface area contributed by atoms with E-state index < -0.39 is 0 Å². The maximum Gasteiger partial charge on any atom is 0.312 e. The summed E-state index contributed by atoms with van der Waals surface area (Å²) in [6.07, 6.45) is 10.1. The number of nitrogens with zero attached hydrogens (tertiary/aromatic N) is 1. The lowest BCUT2D eigenvalue weighted by Crippen LogP contribution is -2.64. The average Bonchev–Trinajstić information content (AvgIpc) is 2.67. The number of carbonyl (C=O) groups is 2. The van der Waals surface area contributed by atoms with Crippen LogP contribution in [0.3, 0.4) is 0 Å². The van der Waals surface area contributed by atoms with Crippen LogP contribution in [0.1, 0.15) is 71.1 Å². The van der Waals surface area contributed by atoms with Gasteiger partial charge in [0.2, 0.25) is 5.91 Å². The van der Waals surface area contributed by atoms with Crippen LogP contribution in [-0.2, 0) is 19.1 Å². The summed E-state index contributed by atoms with van der Waals surface area (Å²) in [7, 11) is 1.81. The first kappa shape index (κ1) is 18.3. The maximum absolute atomic E-state index is 13.3. The zero-order chi connectivity index (χ0) is 18.4. The largest absolute Gasteiger partial charge is 0.466 e. The standard InChI is InChI=1S/C21H33NO4/c1-3-26-18(24)21-11-8-20(9-12-21,10-13-21)17(23)22-14-19(15-22)6-4-16(25-2)5-7-19/h16H,3-15H2,1-2H3. The molecule has 1 heterocycles. The molecule has 0 atom stereocenters. The number of fused-ring (bicyclic) bond motifs is 3. The van der Waals surface area contributed by atoms with E-state index in [4.69, 9.17) is 9.47 Å². The van der Waals surface area contributed by atoms with Crippen molar-refractivity contribution in [2.75, 3.05) is 26.8 Å². The molecule has 2 bridgehead atoms. The Morgan fingerprint density at radius 3 is 1.96 bits per heavy atom. The Labute approximate surface area is 156 Å². The fourth-order valence-corrected chi connectivity index (χ4v) is 6.09. The van der Waals surface area contributed by atoms with Crippen molar-refractivity contribution in [3.05, 3.63) is 0 Å². The van der Waals surface area contributed by atoms with Crippen molar-refractivity contribution in [2.45, 2.75) is 77.2 Å². The molecular formula is C21H33NO4. The SMILES string of the molecule is CCOC(=O)C12CCC(C(=O)N3CC4(CCC(OC)CC4)C3)(CC1)CC2. The van der Waals surface area contributed by atoms with Gasteiger partial charge in [-0.1, -0.05) is 0 Å². The smallest absolute Gasteiger partial charge is 0.312 e. The van der Waals surface area contributed by atoms with Crippen molar-refractivity contribution in [3.63, 3.8) is 0 Å². The average molecular weight is 363 g/mol. The van der Waals surface area contributed by atoms with E-state index >= 15 is 0 Å². The van der Waals surface area contributed by atoms with Crippen molar-refractivity contribution >= 4 is 11.9 Å². The van der Waals surface area contributed by atoms with Crippen LogP contribution in [0.4, 0.5) is 0 Å². The minimum absolute atomic E-state index is 0.0291. The van der Waals surface area contributed by atoms with Crippen molar-refractivity contribution in [2.24, 2.45) is 16.2 Å². The minimum Gasteiger partial charge on any atom is -0.466 e. The van der Waals surface area contributed by atoms with Crippen LogP contribution >= 0.6 is 0 Å². The van der Waals surface area contributed by atoms with Crippen molar-refractivity contribution in [3.8, 4) is 0 Å². The molecule has 1 saturated heterocycles. The third-order valence-corrected chi connectivity index (χ3v) is 8.07. The summed E-state index contributed by atoms with van der Waals surface area (Å²) in [5.74, 6) is 0.340. The van der Waals surface area contributed by atoms with E-state index in [1.165, 1.54) is 12.8 Å². The molecule has 0 aromatic heterocycles. The number of rotatable bonds is 4. The molecule has 1 spiro atoms. The first-order valence-electron chi connectivity index (χ1n) is 10.5. The summed E-state index contributed by atoms with van der Waals surface area (Å²) < 4.78 is 10.8. The van der Waals surface area contributed by atoms with Gasteiger partial charge >= 0.3 is 5.97 Å². The summed E-state index contributed by atoms with van der Waals surface area (Å²) in [5.41, 5.74) is -0.133. The fraction of sp³-hybridized carbons (Fsp3) is 0.905. The van der Waals surface area contributed by atoms with Crippen LogP contribution in [0.15, 0.2) is 0 Å². The van der Waals surface area contributed by atoms with Gasteiger partial charge in [-0.3, -0.25) is 9.59 Å². The fourth-order valence-electron chi connectivity index (χ4n) is 6.09. The van der Waals surface area contributed by atoms with Crippen molar-refractivity contribution in [1.82, 2.24) is 4.90 Å².